The van der Waals surface area contributed by atoms with Crippen LogP contribution in [0.1, 0.15) is 23.2 Å². The van der Waals surface area contributed by atoms with Gasteiger partial charge in [0.25, 0.3) is 5.91 Å². The van der Waals surface area contributed by atoms with Crippen LogP contribution in [0, 0.1) is 13.8 Å². The number of aryl methyl sites for hydroxylation is 2. The number of nitrogens with one attached hydrogen (secondary N) is 1. The molecule has 5 nitrogen and oxygen atoms in total. The van der Waals surface area contributed by atoms with Crippen molar-refractivity contribution in [3.63, 3.8) is 0 Å². The molecule has 0 fully saturated rings. The van der Waals surface area contributed by atoms with Gasteiger partial charge < -0.3 is 14.6 Å². The normalized spacial score (nSPS) is 11.8. The van der Waals surface area contributed by atoms with Gasteiger partial charge in [0.2, 0.25) is 6.17 Å². The van der Waals surface area contributed by atoms with Crippen molar-refractivity contribution >= 4 is 11.6 Å². The smallest absolute Gasteiger partial charge is 0.263 e. The number of rotatable bonds is 5. The summed E-state index contributed by atoms with van der Waals surface area (Å²) in [5, 5.41) is 6.56. The minimum absolute atomic E-state index is 0.310. The third-order valence-corrected chi connectivity index (χ3v) is 4.09. The molecule has 134 valence electrons. The van der Waals surface area contributed by atoms with Crippen molar-refractivity contribution < 1.29 is 18.4 Å². The van der Waals surface area contributed by atoms with Gasteiger partial charge in [-0.3, -0.25) is 4.79 Å². The van der Waals surface area contributed by atoms with Gasteiger partial charge in [-0.1, -0.05) is 35.5 Å². The van der Waals surface area contributed by atoms with Gasteiger partial charge in [0.05, 0.1) is 18.4 Å². The first-order valence-corrected chi connectivity index (χ1v) is 8.12. The van der Waals surface area contributed by atoms with Crippen LogP contribution in [-0.2, 0) is 4.79 Å². The highest BCUT2D eigenvalue weighted by atomic mass is 19.1. The van der Waals surface area contributed by atoms with E-state index in [9.17, 15) is 9.18 Å². The monoisotopic (exact) mass is 354 g/mol. The zero-order valence-electron chi connectivity index (χ0n) is 14.7. The molecule has 1 amide bonds. The zero-order chi connectivity index (χ0) is 18.7. The van der Waals surface area contributed by atoms with Crippen molar-refractivity contribution in [1.29, 1.82) is 0 Å². The maximum absolute atomic E-state index is 14.4. The average molecular weight is 354 g/mol. The van der Waals surface area contributed by atoms with Crippen LogP contribution in [0.2, 0.25) is 0 Å². The Balaban J connectivity index is 1.90. The summed E-state index contributed by atoms with van der Waals surface area (Å²) in [4.78, 5) is 12.3. The summed E-state index contributed by atoms with van der Waals surface area (Å²) in [7, 11) is 1.56. The van der Waals surface area contributed by atoms with Crippen LogP contribution in [-0.4, -0.2) is 18.2 Å². The SMILES string of the molecule is COc1ccc(NC(=O)C(F)c2ccccc2)cc1-c1c(C)noc1C. The second kappa shape index (κ2) is 7.39. The molecule has 1 unspecified atom stereocenters. The highest BCUT2D eigenvalue weighted by Gasteiger charge is 2.21. The van der Waals surface area contributed by atoms with E-state index in [-0.39, 0.29) is 0 Å². The quantitative estimate of drug-likeness (QED) is 0.726. The molecular formula is C20H19FN2O3. The standard InChI is InChI=1S/C20H19FN2O3/c1-12-18(13(2)26-23-12)16-11-15(9-10-17(16)25-3)22-20(24)19(21)14-7-5-4-6-8-14/h4-11,19H,1-3H3,(H,22,24). The van der Waals surface area contributed by atoms with Crippen molar-refractivity contribution in [2.45, 2.75) is 20.0 Å². The number of amides is 1. The number of alkyl halides is 1. The van der Waals surface area contributed by atoms with Gasteiger partial charge >= 0.3 is 0 Å². The first-order chi connectivity index (χ1) is 12.5. The molecule has 0 aliphatic heterocycles. The van der Waals surface area contributed by atoms with Gasteiger partial charge in [0.15, 0.2) is 0 Å². The fraction of sp³-hybridized carbons (Fsp3) is 0.200. The molecule has 2 aromatic carbocycles. The Kier molecular flexibility index (Phi) is 5.02. The van der Waals surface area contributed by atoms with Crippen molar-refractivity contribution in [2.24, 2.45) is 0 Å². The minimum atomic E-state index is -1.75. The number of methoxy groups -OCH3 is 1. The third kappa shape index (κ3) is 3.44. The Bertz CT molecular complexity index is 903. The number of ether oxygens (including phenoxy) is 1. The van der Waals surface area contributed by atoms with E-state index in [0.717, 1.165) is 11.1 Å². The van der Waals surface area contributed by atoms with Gasteiger partial charge in [-0.15, -0.1) is 0 Å². The van der Waals surface area contributed by atoms with E-state index in [2.05, 4.69) is 10.5 Å². The average Bonchev–Trinajstić information content (AvgIpc) is 3.00. The van der Waals surface area contributed by atoms with Gasteiger partial charge in [0.1, 0.15) is 11.5 Å². The van der Waals surface area contributed by atoms with Crippen molar-refractivity contribution in [1.82, 2.24) is 5.16 Å². The van der Waals surface area contributed by atoms with E-state index in [1.54, 1.807) is 62.6 Å². The number of nitrogens with zero attached hydrogens (tertiary/aromatic N) is 1. The van der Waals surface area contributed by atoms with Crippen LogP contribution in [0.5, 0.6) is 5.75 Å². The van der Waals surface area contributed by atoms with Gasteiger partial charge in [0, 0.05) is 11.3 Å². The van der Waals surface area contributed by atoms with E-state index < -0.39 is 12.1 Å². The molecule has 0 aliphatic carbocycles. The summed E-state index contributed by atoms with van der Waals surface area (Å²) in [5.74, 6) is 0.514. The van der Waals surface area contributed by atoms with Crippen molar-refractivity contribution in [2.75, 3.05) is 12.4 Å². The Morgan fingerprint density at radius 1 is 1.19 bits per heavy atom. The topological polar surface area (TPSA) is 64.4 Å². The van der Waals surface area contributed by atoms with Crippen LogP contribution in [0.25, 0.3) is 11.1 Å². The number of benzene rings is 2. The Labute approximate surface area is 150 Å². The number of anilines is 1. The number of hydrogen-bond acceptors (Lipinski definition) is 4. The largest absolute Gasteiger partial charge is 0.496 e. The number of carbonyl (C=O) groups excluding carboxylic acids is 1. The summed E-state index contributed by atoms with van der Waals surface area (Å²) in [5.41, 5.74) is 2.99. The summed E-state index contributed by atoms with van der Waals surface area (Å²) in [6.45, 7) is 3.62. The van der Waals surface area contributed by atoms with Crippen LogP contribution in [0.4, 0.5) is 10.1 Å². The molecule has 1 heterocycles. The molecule has 1 N–H and O–H groups in total. The van der Waals surface area contributed by atoms with Crippen molar-refractivity contribution in [3.05, 3.63) is 65.5 Å². The number of halogens is 1. The second-order valence-corrected chi connectivity index (χ2v) is 5.88. The third-order valence-electron chi connectivity index (χ3n) is 4.09. The molecule has 6 heteroatoms. The lowest BCUT2D eigenvalue weighted by molar-refractivity contribution is -0.121. The first-order valence-electron chi connectivity index (χ1n) is 8.12. The number of aromatic nitrogens is 1. The lowest BCUT2D eigenvalue weighted by Crippen LogP contribution is -2.18. The predicted molar refractivity (Wildman–Crippen MR) is 96.9 cm³/mol. The summed E-state index contributed by atoms with van der Waals surface area (Å²) < 4.78 is 25.0. The lowest BCUT2D eigenvalue weighted by atomic mass is 10.0. The number of carbonyl (C=O) groups is 1. The van der Waals surface area contributed by atoms with Crippen LogP contribution >= 0.6 is 0 Å². The maximum Gasteiger partial charge on any atom is 0.263 e. The fourth-order valence-corrected chi connectivity index (χ4v) is 2.83. The van der Waals surface area contributed by atoms with Crippen LogP contribution in [0.15, 0.2) is 53.1 Å². The molecule has 3 rings (SSSR count). The molecule has 1 aromatic heterocycles. The predicted octanol–water partition coefficient (Wildman–Crippen LogP) is 4.62. The van der Waals surface area contributed by atoms with Crippen molar-refractivity contribution in [3.8, 4) is 16.9 Å². The molecule has 3 aromatic rings. The number of hydrogen-bond donors (Lipinski definition) is 1. The first kappa shape index (κ1) is 17.7. The molecule has 1 atom stereocenters. The van der Waals surface area contributed by atoms with E-state index in [1.807, 2.05) is 6.92 Å². The molecule has 0 saturated carbocycles. The van der Waals surface area contributed by atoms with Crippen LogP contribution < -0.4 is 10.1 Å². The van der Waals surface area contributed by atoms with E-state index in [0.29, 0.717) is 28.5 Å². The molecule has 0 saturated heterocycles. The zero-order valence-corrected chi connectivity index (χ0v) is 14.7. The highest BCUT2D eigenvalue weighted by Crippen LogP contribution is 2.36. The summed E-state index contributed by atoms with van der Waals surface area (Å²) >= 11 is 0. The van der Waals surface area contributed by atoms with Crippen LogP contribution in [0.3, 0.4) is 0 Å². The molecule has 0 radical (unpaired) electrons. The minimum Gasteiger partial charge on any atom is -0.496 e. The van der Waals surface area contributed by atoms with Gasteiger partial charge in [-0.25, -0.2) is 4.39 Å². The molecule has 0 spiro atoms. The Hall–Kier alpha value is -3.15. The Morgan fingerprint density at radius 3 is 2.54 bits per heavy atom. The summed E-state index contributed by atoms with van der Waals surface area (Å²) in [6.07, 6.45) is -1.75. The Morgan fingerprint density at radius 2 is 1.92 bits per heavy atom. The van der Waals surface area contributed by atoms with Gasteiger partial charge in [-0.2, -0.15) is 0 Å². The highest BCUT2D eigenvalue weighted by molar-refractivity contribution is 5.95. The molecule has 0 aliphatic rings. The lowest BCUT2D eigenvalue weighted by Gasteiger charge is -2.13. The van der Waals surface area contributed by atoms with E-state index >= 15 is 0 Å². The van der Waals surface area contributed by atoms with Gasteiger partial charge in [-0.05, 0) is 37.6 Å². The van der Waals surface area contributed by atoms with E-state index in [1.165, 1.54) is 0 Å². The maximum atomic E-state index is 14.4. The fourth-order valence-electron chi connectivity index (χ4n) is 2.83. The second-order valence-electron chi connectivity index (χ2n) is 5.88. The summed E-state index contributed by atoms with van der Waals surface area (Å²) in [6, 6.07) is 13.4. The molecular weight excluding hydrogens is 335 g/mol. The molecule has 26 heavy (non-hydrogen) atoms. The van der Waals surface area contributed by atoms with E-state index in [4.69, 9.17) is 9.26 Å². The molecule has 0 bridgehead atoms.